The zero-order valence-electron chi connectivity index (χ0n) is 12.8. The number of morpholine rings is 1. The zero-order chi connectivity index (χ0) is 13.7. The summed E-state index contributed by atoms with van der Waals surface area (Å²) in [5.41, 5.74) is 5.61. The summed E-state index contributed by atoms with van der Waals surface area (Å²) in [7, 11) is 0. The van der Waals surface area contributed by atoms with Crippen LogP contribution in [0.4, 0.5) is 0 Å². The highest BCUT2D eigenvalue weighted by Gasteiger charge is 2.35. The number of hydrogen-bond donors (Lipinski definition) is 2. The molecule has 1 saturated carbocycles. The molecular formula is C14H29Cl2N3O2. The van der Waals surface area contributed by atoms with Gasteiger partial charge >= 0.3 is 0 Å². The number of hydrogen-bond acceptors (Lipinski definition) is 4. The van der Waals surface area contributed by atoms with Crippen molar-refractivity contribution in [2.75, 3.05) is 32.8 Å². The molecule has 2 fully saturated rings. The van der Waals surface area contributed by atoms with Gasteiger partial charge in [-0.15, -0.1) is 24.8 Å². The van der Waals surface area contributed by atoms with Crippen molar-refractivity contribution in [2.45, 2.75) is 50.6 Å². The lowest BCUT2D eigenvalue weighted by atomic mass is 9.82. The van der Waals surface area contributed by atoms with Crippen molar-refractivity contribution in [1.82, 2.24) is 10.2 Å². The molecule has 7 heteroatoms. The monoisotopic (exact) mass is 341 g/mol. The Hall–Kier alpha value is -0.0700. The minimum Gasteiger partial charge on any atom is -0.379 e. The summed E-state index contributed by atoms with van der Waals surface area (Å²) in [4.78, 5) is 14.6. The number of nitrogens with one attached hydrogen (secondary N) is 1. The van der Waals surface area contributed by atoms with Crippen molar-refractivity contribution in [3.63, 3.8) is 0 Å². The van der Waals surface area contributed by atoms with Crippen molar-refractivity contribution in [3.8, 4) is 0 Å². The van der Waals surface area contributed by atoms with E-state index in [0.29, 0.717) is 0 Å². The van der Waals surface area contributed by atoms with Gasteiger partial charge < -0.3 is 15.8 Å². The molecule has 1 heterocycles. The third kappa shape index (κ3) is 6.28. The van der Waals surface area contributed by atoms with Gasteiger partial charge in [-0.3, -0.25) is 9.69 Å². The van der Waals surface area contributed by atoms with Crippen LogP contribution in [-0.4, -0.2) is 55.2 Å². The summed E-state index contributed by atoms with van der Waals surface area (Å²) in [5, 5.41) is 3.09. The molecule has 0 bridgehead atoms. The van der Waals surface area contributed by atoms with E-state index in [0.717, 1.165) is 58.5 Å². The maximum absolute atomic E-state index is 12.3. The van der Waals surface area contributed by atoms with E-state index < -0.39 is 5.54 Å². The van der Waals surface area contributed by atoms with Crippen LogP contribution in [0.1, 0.15) is 39.0 Å². The van der Waals surface area contributed by atoms with Crippen molar-refractivity contribution >= 4 is 30.7 Å². The van der Waals surface area contributed by atoms with Crippen LogP contribution in [0.5, 0.6) is 0 Å². The van der Waals surface area contributed by atoms with Gasteiger partial charge in [0.2, 0.25) is 5.91 Å². The maximum Gasteiger partial charge on any atom is 0.240 e. The zero-order valence-corrected chi connectivity index (χ0v) is 14.4. The normalized spacial score (nSPS) is 23.3. The molecule has 1 aliphatic heterocycles. The van der Waals surface area contributed by atoms with E-state index in [2.05, 4.69) is 17.1 Å². The Morgan fingerprint density at radius 3 is 2.38 bits per heavy atom. The predicted molar refractivity (Wildman–Crippen MR) is 89.4 cm³/mol. The number of nitrogens with two attached hydrogens (primary N) is 1. The number of carbonyl (C=O) groups is 1. The Labute approximate surface area is 140 Å². The van der Waals surface area contributed by atoms with Gasteiger partial charge in [0.15, 0.2) is 0 Å². The summed E-state index contributed by atoms with van der Waals surface area (Å²) in [6.07, 6.45) is 4.99. The van der Waals surface area contributed by atoms with Crippen LogP contribution < -0.4 is 11.1 Å². The highest BCUT2D eigenvalue weighted by atomic mass is 35.5. The number of amides is 1. The molecule has 21 heavy (non-hydrogen) atoms. The first-order valence-corrected chi connectivity index (χ1v) is 7.50. The minimum absolute atomic E-state index is 0. The second-order valence-corrected chi connectivity index (χ2v) is 6.00. The van der Waals surface area contributed by atoms with Crippen LogP contribution in [0, 0.1) is 0 Å². The molecule has 1 unspecified atom stereocenters. The van der Waals surface area contributed by atoms with Crippen molar-refractivity contribution in [2.24, 2.45) is 5.73 Å². The molecule has 0 aromatic carbocycles. The Morgan fingerprint density at radius 2 is 1.81 bits per heavy atom. The van der Waals surface area contributed by atoms with E-state index in [4.69, 9.17) is 10.5 Å². The van der Waals surface area contributed by atoms with Gasteiger partial charge in [0, 0.05) is 25.7 Å². The number of nitrogens with zero attached hydrogens (tertiary/aromatic N) is 1. The standard InChI is InChI=1S/C14H27N3O2.2ClH/c1-12(11-17-7-9-19-10-8-17)16-13(18)14(15)5-3-2-4-6-14;;/h12H,2-11,15H2,1H3,(H,16,18);2*1H. The Balaban J connectivity index is 0.00000200. The van der Waals surface area contributed by atoms with E-state index in [9.17, 15) is 4.79 Å². The Bertz CT molecular complexity index is 307. The summed E-state index contributed by atoms with van der Waals surface area (Å²) in [5.74, 6) is 0.0351. The van der Waals surface area contributed by atoms with Crippen LogP contribution in [0.15, 0.2) is 0 Å². The molecule has 1 saturated heterocycles. The summed E-state index contributed by atoms with van der Waals surface area (Å²) in [6.45, 7) is 6.43. The Kier molecular flexibility index (Phi) is 9.81. The first-order valence-electron chi connectivity index (χ1n) is 7.50. The second kappa shape index (κ2) is 9.85. The largest absolute Gasteiger partial charge is 0.379 e. The molecule has 0 radical (unpaired) electrons. The fourth-order valence-electron chi connectivity index (χ4n) is 2.99. The van der Waals surface area contributed by atoms with Gasteiger partial charge in [0.25, 0.3) is 0 Å². The molecule has 0 aromatic heterocycles. The molecule has 3 N–H and O–H groups in total. The smallest absolute Gasteiger partial charge is 0.240 e. The molecule has 2 aliphatic rings. The molecular weight excluding hydrogens is 313 g/mol. The average molecular weight is 342 g/mol. The summed E-state index contributed by atoms with van der Waals surface area (Å²) in [6, 6.07) is 0.146. The van der Waals surface area contributed by atoms with E-state index in [1.54, 1.807) is 0 Å². The van der Waals surface area contributed by atoms with E-state index in [1.165, 1.54) is 6.42 Å². The minimum atomic E-state index is -0.627. The van der Waals surface area contributed by atoms with Crippen LogP contribution >= 0.6 is 24.8 Å². The third-order valence-electron chi connectivity index (χ3n) is 4.21. The lowest BCUT2D eigenvalue weighted by molar-refractivity contribution is -0.128. The first kappa shape index (κ1) is 20.9. The molecule has 126 valence electrons. The summed E-state index contributed by atoms with van der Waals surface area (Å²) < 4.78 is 5.32. The maximum atomic E-state index is 12.3. The van der Waals surface area contributed by atoms with Crippen LogP contribution in [0.2, 0.25) is 0 Å². The van der Waals surface area contributed by atoms with Crippen LogP contribution in [0.3, 0.4) is 0 Å². The van der Waals surface area contributed by atoms with Crippen molar-refractivity contribution in [3.05, 3.63) is 0 Å². The molecule has 2 rings (SSSR count). The highest BCUT2D eigenvalue weighted by molar-refractivity contribution is 5.86. The average Bonchev–Trinajstić information content (AvgIpc) is 2.40. The van der Waals surface area contributed by atoms with Crippen molar-refractivity contribution in [1.29, 1.82) is 0 Å². The quantitative estimate of drug-likeness (QED) is 0.809. The van der Waals surface area contributed by atoms with Gasteiger partial charge in [-0.1, -0.05) is 19.3 Å². The van der Waals surface area contributed by atoms with E-state index in [-0.39, 0.29) is 36.8 Å². The highest BCUT2D eigenvalue weighted by Crippen LogP contribution is 2.26. The topological polar surface area (TPSA) is 67.6 Å². The second-order valence-electron chi connectivity index (χ2n) is 6.00. The molecule has 0 aromatic rings. The fourth-order valence-corrected chi connectivity index (χ4v) is 2.99. The van der Waals surface area contributed by atoms with E-state index in [1.807, 2.05) is 0 Å². The third-order valence-corrected chi connectivity index (χ3v) is 4.21. The van der Waals surface area contributed by atoms with Gasteiger partial charge in [0.1, 0.15) is 0 Å². The molecule has 1 atom stereocenters. The first-order chi connectivity index (χ1) is 9.10. The number of ether oxygens (including phenoxy) is 1. The molecule has 1 amide bonds. The number of carbonyl (C=O) groups excluding carboxylic acids is 1. The SMILES string of the molecule is CC(CN1CCOCC1)NC(=O)C1(N)CCCCC1.Cl.Cl. The number of rotatable bonds is 4. The predicted octanol–water partition coefficient (Wildman–Crippen LogP) is 1.33. The lowest BCUT2D eigenvalue weighted by Gasteiger charge is -2.34. The van der Waals surface area contributed by atoms with Crippen LogP contribution in [-0.2, 0) is 9.53 Å². The van der Waals surface area contributed by atoms with Gasteiger partial charge in [-0.2, -0.15) is 0 Å². The molecule has 0 spiro atoms. The lowest BCUT2D eigenvalue weighted by Crippen LogP contribution is -2.58. The van der Waals surface area contributed by atoms with Gasteiger partial charge in [-0.25, -0.2) is 0 Å². The summed E-state index contributed by atoms with van der Waals surface area (Å²) >= 11 is 0. The molecule has 5 nitrogen and oxygen atoms in total. The van der Waals surface area contributed by atoms with Gasteiger partial charge in [-0.05, 0) is 19.8 Å². The fraction of sp³-hybridized carbons (Fsp3) is 0.929. The Morgan fingerprint density at radius 1 is 1.24 bits per heavy atom. The molecule has 1 aliphatic carbocycles. The van der Waals surface area contributed by atoms with E-state index >= 15 is 0 Å². The van der Waals surface area contributed by atoms with Crippen molar-refractivity contribution < 1.29 is 9.53 Å². The van der Waals surface area contributed by atoms with Crippen LogP contribution in [0.25, 0.3) is 0 Å². The number of halogens is 2. The van der Waals surface area contributed by atoms with Gasteiger partial charge in [0.05, 0.1) is 18.8 Å².